The first-order valence-electron chi connectivity index (χ1n) is 6.35. The molecular formula is C14H20N2. The summed E-state index contributed by atoms with van der Waals surface area (Å²) in [5.74, 6) is 1.64. The zero-order chi connectivity index (χ0) is 11.0. The quantitative estimate of drug-likeness (QED) is 0.817. The molecule has 0 spiro atoms. The molecule has 0 aromatic heterocycles. The minimum absolute atomic E-state index is 0.464. The maximum atomic E-state index is 6.15. The van der Waals surface area contributed by atoms with Gasteiger partial charge in [-0.2, -0.15) is 0 Å². The third-order valence-electron chi connectivity index (χ3n) is 4.24. The van der Waals surface area contributed by atoms with E-state index in [1.165, 1.54) is 31.5 Å². The zero-order valence-corrected chi connectivity index (χ0v) is 9.68. The fourth-order valence-electron chi connectivity index (χ4n) is 3.37. The molecule has 1 aliphatic carbocycles. The van der Waals surface area contributed by atoms with Gasteiger partial charge >= 0.3 is 0 Å². The second kappa shape index (κ2) is 4.19. The van der Waals surface area contributed by atoms with Crippen LogP contribution in [0.15, 0.2) is 30.3 Å². The predicted molar refractivity (Wildman–Crippen MR) is 65.9 cm³/mol. The molecule has 1 saturated heterocycles. The summed E-state index contributed by atoms with van der Waals surface area (Å²) in [5, 5.41) is 0. The molecular weight excluding hydrogens is 196 g/mol. The summed E-state index contributed by atoms with van der Waals surface area (Å²) in [5.41, 5.74) is 7.58. The predicted octanol–water partition coefficient (Wildman–Crippen LogP) is 1.86. The van der Waals surface area contributed by atoms with Gasteiger partial charge < -0.3 is 5.73 Å². The third-order valence-corrected chi connectivity index (χ3v) is 4.24. The summed E-state index contributed by atoms with van der Waals surface area (Å²) in [4.78, 5) is 2.57. The van der Waals surface area contributed by atoms with E-state index in [9.17, 15) is 0 Å². The largest absolute Gasteiger partial charge is 0.327 e. The van der Waals surface area contributed by atoms with Gasteiger partial charge in [0.2, 0.25) is 0 Å². The lowest BCUT2D eigenvalue weighted by atomic mass is 9.98. The molecule has 2 heteroatoms. The minimum Gasteiger partial charge on any atom is -0.327 e. The molecule has 2 fully saturated rings. The molecule has 1 heterocycles. The molecule has 16 heavy (non-hydrogen) atoms. The van der Waals surface area contributed by atoms with Gasteiger partial charge in [0.1, 0.15) is 0 Å². The van der Waals surface area contributed by atoms with Crippen molar-refractivity contribution >= 4 is 0 Å². The summed E-state index contributed by atoms with van der Waals surface area (Å²) in [6, 6.07) is 11.2. The van der Waals surface area contributed by atoms with Crippen LogP contribution in [0.5, 0.6) is 0 Å². The highest BCUT2D eigenvalue weighted by molar-refractivity contribution is 5.15. The molecule has 0 radical (unpaired) electrons. The molecule has 0 unspecified atom stereocenters. The molecule has 2 N–H and O–H groups in total. The first-order valence-corrected chi connectivity index (χ1v) is 6.35. The number of benzene rings is 1. The number of rotatable bonds is 2. The number of hydrogen-bond donors (Lipinski definition) is 1. The van der Waals surface area contributed by atoms with Crippen LogP contribution >= 0.6 is 0 Å². The number of fused-ring (bicyclic) bond motifs is 1. The number of likely N-dealkylation sites (tertiary alicyclic amines) is 1. The summed E-state index contributed by atoms with van der Waals surface area (Å²) in [6.07, 6.45) is 2.59. The van der Waals surface area contributed by atoms with Crippen molar-refractivity contribution in [2.75, 3.05) is 13.1 Å². The third kappa shape index (κ3) is 1.87. The molecule has 3 rings (SSSR count). The monoisotopic (exact) mass is 216 g/mol. The van der Waals surface area contributed by atoms with Crippen molar-refractivity contribution in [2.24, 2.45) is 17.6 Å². The maximum absolute atomic E-state index is 6.15. The van der Waals surface area contributed by atoms with Crippen molar-refractivity contribution in [1.82, 2.24) is 4.90 Å². The lowest BCUT2D eigenvalue weighted by Crippen LogP contribution is -2.30. The summed E-state index contributed by atoms with van der Waals surface area (Å²) in [7, 11) is 0. The number of nitrogens with two attached hydrogens (primary N) is 1. The second-order valence-corrected chi connectivity index (χ2v) is 5.34. The van der Waals surface area contributed by atoms with Gasteiger partial charge in [-0.3, -0.25) is 4.90 Å². The fourth-order valence-corrected chi connectivity index (χ4v) is 3.37. The number of hydrogen-bond acceptors (Lipinski definition) is 2. The highest BCUT2D eigenvalue weighted by atomic mass is 15.2. The standard InChI is InChI=1S/C14H20N2/c15-14-7-6-12-9-16(10-13(12)14)8-11-4-2-1-3-5-11/h1-5,12-14H,6-10,15H2/t12-,13+,14-/m0/s1. The Bertz CT molecular complexity index is 349. The summed E-state index contributed by atoms with van der Waals surface area (Å²) in [6.45, 7) is 3.56. The molecule has 1 aromatic rings. The van der Waals surface area contributed by atoms with Crippen molar-refractivity contribution < 1.29 is 0 Å². The van der Waals surface area contributed by atoms with Crippen LogP contribution in [0.2, 0.25) is 0 Å². The topological polar surface area (TPSA) is 29.3 Å². The van der Waals surface area contributed by atoms with Crippen LogP contribution in [0.25, 0.3) is 0 Å². The van der Waals surface area contributed by atoms with Gasteiger partial charge in [-0.25, -0.2) is 0 Å². The highest BCUT2D eigenvalue weighted by Gasteiger charge is 2.40. The molecule has 1 aromatic carbocycles. The average Bonchev–Trinajstić information content (AvgIpc) is 2.83. The maximum Gasteiger partial charge on any atom is 0.0233 e. The Morgan fingerprint density at radius 2 is 1.94 bits per heavy atom. The van der Waals surface area contributed by atoms with E-state index in [1.807, 2.05) is 0 Å². The van der Waals surface area contributed by atoms with E-state index in [4.69, 9.17) is 5.73 Å². The Hall–Kier alpha value is -0.860. The molecule has 0 amide bonds. The second-order valence-electron chi connectivity index (χ2n) is 5.34. The Labute approximate surface area is 97.4 Å². The zero-order valence-electron chi connectivity index (χ0n) is 9.68. The van der Waals surface area contributed by atoms with Crippen LogP contribution in [0.3, 0.4) is 0 Å². The molecule has 0 bridgehead atoms. The van der Waals surface area contributed by atoms with Crippen molar-refractivity contribution in [3.8, 4) is 0 Å². The number of nitrogens with zero attached hydrogens (tertiary/aromatic N) is 1. The molecule has 2 aliphatic rings. The molecule has 1 saturated carbocycles. The average molecular weight is 216 g/mol. The van der Waals surface area contributed by atoms with Crippen molar-refractivity contribution in [3.63, 3.8) is 0 Å². The van der Waals surface area contributed by atoms with Crippen molar-refractivity contribution in [2.45, 2.75) is 25.4 Å². The van der Waals surface area contributed by atoms with E-state index in [0.29, 0.717) is 6.04 Å². The normalized spacial score (nSPS) is 34.2. The smallest absolute Gasteiger partial charge is 0.0233 e. The Morgan fingerprint density at radius 1 is 1.12 bits per heavy atom. The van der Waals surface area contributed by atoms with Gasteiger partial charge in [0.25, 0.3) is 0 Å². The van der Waals surface area contributed by atoms with E-state index < -0.39 is 0 Å². The van der Waals surface area contributed by atoms with E-state index in [0.717, 1.165) is 18.4 Å². The lowest BCUT2D eigenvalue weighted by Gasteiger charge is -2.18. The van der Waals surface area contributed by atoms with Crippen LogP contribution in [0.1, 0.15) is 18.4 Å². The van der Waals surface area contributed by atoms with Crippen LogP contribution in [0.4, 0.5) is 0 Å². The molecule has 1 aliphatic heterocycles. The van der Waals surface area contributed by atoms with Crippen LogP contribution in [-0.4, -0.2) is 24.0 Å². The van der Waals surface area contributed by atoms with Crippen molar-refractivity contribution in [1.29, 1.82) is 0 Å². The van der Waals surface area contributed by atoms with Gasteiger partial charge in [-0.05, 0) is 30.2 Å². The van der Waals surface area contributed by atoms with Gasteiger partial charge in [-0.15, -0.1) is 0 Å². The Balaban J connectivity index is 1.63. The van der Waals surface area contributed by atoms with Gasteiger partial charge in [0.15, 0.2) is 0 Å². The summed E-state index contributed by atoms with van der Waals surface area (Å²) < 4.78 is 0. The highest BCUT2D eigenvalue weighted by Crippen LogP contribution is 2.37. The fraction of sp³-hybridized carbons (Fsp3) is 0.571. The van der Waals surface area contributed by atoms with Crippen LogP contribution < -0.4 is 5.73 Å². The molecule has 86 valence electrons. The molecule has 2 nitrogen and oxygen atoms in total. The minimum atomic E-state index is 0.464. The molecule has 3 atom stereocenters. The summed E-state index contributed by atoms with van der Waals surface area (Å²) >= 11 is 0. The van der Waals surface area contributed by atoms with Gasteiger partial charge in [0.05, 0.1) is 0 Å². The van der Waals surface area contributed by atoms with Crippen molar-refractivity contribution in [3.05, 3.63) is 35.9 Å². The van der Waals surface area contributed by atoms with Crippen LogP contribution in [0, 0.1) is 11.8 Å². The van der Waals surface area contributed by atoms with E-state index in [1.54, 1.807) is 0 Å². The van der Waals surface area contributed by atoms with E-state index >= 15 is 0 Å². The Kier molecular flexibility index (Phi) is 2.70. The van der Waals surface area contributed by atoms with Gasteiger partial charge in [-0.1, -0.05) is 30.3 Å². The van der Waals surface area contributed by atoms with Crippen LogP contribution in [-0.2, 0) is 6.54 Å². The SMILES string of the molecule is N[C@H]1CC[C@H]2CN(Cc3ccccc3)C[C@H]21. The first kappa shape index (κ1) is 10.3. The lowest BCUT2D eigenvalue weighted by molar-refractivity contribution is 0.298. The van der Waals surface area contributed by atoms with E-state index in [2.05, 4.69) is 35.2 Å². The first-order chi connectivity index (χ1) is 7.83. The Morgan fingerprint density at radius 3 is 2.69 bits per heavy atom. The van der Waals surface area contributed by atoms with E-state index in [-0.39, 0.29) is 0 Å². The van der Waals surface area contributed by atoms with Gasteiger partial charge in [0, 0.05) is 25.7 Å².